The van der Waals surface area contributed by atoms with Crippen molar-refractivity contribution < 1.29 is 0 Å². The van der Waals surface area contributed by atoms with Crippen LogP contribution in [-0.2, 0) is 12.8 Å². The lowest BCUT2D eigenvalue weighted by molar-refractivity contribution is 0.509. The topological polar surface area (TPSA) is 52.9 Å². The van der Waals surface area contributed by atoms with Crippen molar-refractivity contribution in [3.8, 4) is 0 Å². The van der Waals surface area contributed by atoms with E-state index in [1.165, 1.54) is 27.8 Å². The Morgan fingerprint density at radius 3 is 2.86 bits per heavy atom. The molecule has 1 unspecified atom stereocenters. The van der Waals surface area contributed by atoms with E-state index in [4.69, 9.17) is 10.4 Å². The van der Waals surface area contributed by atoms with E-state index in [0.29, 0.717) is 5.84 Å². The van der Waals surface area contributed by atoms with Gasteiger partial charge < -0.3 is 4.90 Å². The largest absolute Gasteiger partial charge is 0.307 e. The maximum atomic E-state index is 8.24. The Morgan fingerprint density at radius 1 is 1.32 bits per heavy atom. The van der Waals surface area contributed by atoms with Gasteiger partial charge in [-0.1, -0.05) is 6.92 Å². The van der Waals surface area contributed by atoms with Crippen LogP contribution >= 0.6 is 11.3 Å². The lowest BCUT2D eigenvalue weighted by Crippen LogP contribution is -2.26. The van der Waals surface area contributed by atoms with Gasteiger partial charge in [0.05, 0.1) is 5.39 Å². The third-order valence-corrected chi connectivity index (χ3v) is 5.73. The number of anilines is 1. The Hall–Kier alpha value is -1.75. The van der Waals surface area contributed by atoms with E-state index in [9.17, 15) is 0 Å². The van der Waals surface area contributed by atoms with Crippen LogP contribution in [0, 0.1) is 18.3 Å². The van der Waals surface area contributed by atoms with E-state index in [1.54, 1.807) is 0 Å². The van der Waals surface area contributed by atoms with Crippen molar-refractivity contribution in [2.75, 3.05) is 11.4 Å². The molecule has 2 aromatic heterocycles. The standard InChI is InChI=1S/C17H20N4S/c1-9-4-5-12-13(6-9)22-17-15(12)16(19-11(3)20-17)21-8-10(2)7-14(21)18/h7,9,18H,4-6,8H2,1-3H3. The molecule has 1 atom stereocenters. The summed E-state index contributed by atoms with van der Waals surface area (Å²) in [5.74, 6) is 3.03. The average Bonchev–Trinajstić information content (AvgIpc) is 2.96. The van der Waals surface area contributed by atoms with Crippen molar-refractivity contribution in [2.24, 2.45) is 5.92 Å². The number of hydrogen-bond acceptors (Lipinski definition) is 4. The van der Waals surface area contributed by atoms with Gasteiger partial charge in [-0.15, -0.1) is 11.3 Å². The number of rotatable bonds is 1. The molecule has 0 saturated carbocycles. The summed E-state index contributed by atoms with van der Waals surface area (Å²) in [6.45, 7) is 7.12. The molecule has 0 aromatic carbocycles. The maximum absolute atomic E-state index is 8.24. The van der Waals surface area contributed by atoms with Crippen molar-refractivity contribution >= 4 is 33.2 Å². The number of aryl methyl sites for hydroxylation is 2. The number of nitrogens with zero attached hydrogens (tertiary/aromatic N) is 3. The van der Waals surface area contributed by atoms with Crippen LogP contribution in [0.2, 0.25) is 0 Å². The van der Waals surface area contributed by atoms with Crippen molar-refractivity contribution in [2.45, 2.75) is 40.0 Å². The first-order valence-corrected chi connectivity index (χ1v) is 8.66. The van der Waals surface area contributed by atoms with Crippen LogP contribution in [-0.4, -0.2) is 22.3 Å². The number of nitrogens with one attached hydrogen (secondary N) is 1. The summed E-state index contributed by atoms with van der Waals surface area (Å²) in [7, 11) is 0. The number of fused-ring (bicyclic) bond motifs is 3. The highest BCUT2D eigenvalue weighted by Crippen LogP contribution is 2.41. The number of thiophene rings is 1. The molecule has 22 heavy (non-hydrogen) atoms. The molecule has 0 radical (unpaired) electrons. The van der Waals surface area contributed by atoms with E-state index >= 15 is 0 Å². The molecule has 2 aromatic rings. The molecule has 1 N–H and O–H groups in total. The Balaban J connectivity index is 1.93. The van der Waals surface area contributed by atoms with Crippen molar-refractivity contribution in [1.82, 2.24) is 9.97 Å². The summed E-state index contributed by atoms with van der Waals surface area (Å²) >= 11 is 1.83. The first-order valence-electron chi connectivity index (χ1n) is 7.85. The Bertz CT molecular complexity index is 818. The fourth-order valence-corrected chi connectivity index (χ4v) is 4.93. The van der Waals surface area contributed by atoms with Gasteiger partial charge in [-0.05, 0) is 56.2 Å². The molecule has 5 heteroatoms. The van der Waals surface area contributed by atoms with Crippen LogP contribution < -0.4 is 4.90 Å². The highest BCUT2D eigenvalue weighted by atomic mass is 32.1. The molecular formula is C17H20N4S. The molecule has 2 aliphatic rings. The van der Waals surface area contributed by atoms with Crippen LogP contribution in [0.15, 0.2) is 11.6 Å². The lowest BCUT2D eigenvalue weighted by Gasteiger charge is -2.21. The highest BCUT2D eigenvalue weighted by molar-refractivity contribution is 7.19. The molecule has 4 nitrogen and oxygen atoms in total. The first kappa shape index (κ1) is 13.9. The predicted molar refractivity (Wildman–Crippen MR) is 92.2 cm³/mol. The third kappa shape index (κ3) is 2.07. The van der Waals surface area contributed by atoms with Crippen LogP contribution in [0.1, 0.15) is 36.5 Å². The summed E-state index contributed by atoms with van der Waals surface area (Å²) in [5, 5.41) is 9.44. The van der Waals surface area contributed by atoms with Gasteiger partial charge in [0.2, 0.25) is 0 Å². The van der Waals surface area contributed by atoms with E-state index in [0.717, 1.165) is 41.8 Å². The average molecular weight is 312 g/mol. The molecule has 114 valence electrons. The van der Waals surface area contributed by atoms with E-state index in [1.807, 2.05) is 29.2 Å². The van der Waals surface area contributed by atoms with Gasteiger partial charge in [0, 0.05) is 11.4 Å². The SMILES string of the molecule is CC1=CC(=N)N(c2nc(C)nc3sc4c(c23)CCC(C)C4)C1. The van der Waals surface area contributed by atoms with Crippen LogP contribution in [0.25, 0.3) is 10.2 Å². The second-order valence-corrected chi connectivity index (χ2v) is 7.67. The third-order valence-electron chi connectivity index (χ3n) is 4.58. The van der Waals surface area contributed by atoms with Crippen LogP contribution in [0.3, 0.4) is 0 Å². The maximum Gasteiger partial charge on any atom is 0.147 e. The number of hydrogen-bond donors (Lipinski definition) is 1. The van der Waals surface area contributed by atoms with Gasteiger partial charge in [-0.3, -0.25) is 5.41 Å². The van der Waals surface area contributed by atoms with Gasteiger partial charge >= 0.3 is 0 Å². The van der Waals surface area contributed by atoms with Gasteiger partial charge in [-0.2, -0.15) is 0 Å². The minimum Gasteiger partial charge on any atom is -0.307 e. The molecule has 1 aliphatic carbocycles. The van der Waals surface area contributed by atoms with Crippen LogP contribution in [0.5, 0.6) is 0 Å². The fraction of sp³-hybridized carbons (Fsp3) is 0.471. The van der Waals surface area contributed by atoms with E-state index < -0.39 is 0 Å². The molecule has 1 aliphatic heterocycles. The minimum atomic E-state index is 0.543. The highest BCUT2D eigenvalue weighted by Gasteiger charge is 2.28. The zero-order valence-corrected chi connectivity index (χ0v) is 14.0. The second-order valence-electron chi connectivity index (χ2n) is 6.59. The van der Waals surface area contributed by atoms with Gasteiger partial charge in [0.1, 0.15) is 22.3 Å². The Kier molecular flexibility index (Phi) is 3.08. The zero-order valence-electron chi connectivity index (χ0n) is 13.2. The number of aromatic nitrogens is 2. The fourth-order valence-electron chi connectivity index (χ4n) is 3.50. The predicted octanol–water partition coefficient (Wildman–Crippen LogP) is 3.87. The van der Waals surface area contributed by atoms with E-state index in [-0.39, 0.29) is 0 Å². The monoisotopic (exact) mass is 312 g/mol. The normalized spacial score (nSPS) is 21.4. The van der Waals surface area contributed by atoms with Crippen LogP contribution in [0.4, 0.5) is 5.82 Å². The Morgan fingerprint density at radius 2 is 2.14 bits per heavy atom. The summed E-state index contributed by atoms with van der Waals surface area (Å²) in [5.41, 5.74) is 2.65. The van der Waals surface area contributed by atoms with Crippen molar-refractivity contribution in [3.63, 3.8) is 0 Å². The summed E-state index contributed by atoms with van der Waals surface area (Å²) < 4.78 is 0. The molecule has 0 bridgehead atoms. The summed E-state index contributed by atoms with van der Waals surface area (Å²) in [6, 6.07) is 0. The van der Waals surface area contributed by atoms with E-state index in [2.05, 4.69) is 18.8 Å². The number of amidine groups is 1. The van der Waals surface area contributed by atoms with Gasteiger partial charge in [0.25, 0.3) is 0 Å². The molecule has 0 amide bonds. The summed E-state index contributed by atoms with van der Waals surface area (Å²) in [6.07, 6.45) is 5.44. The molecule has 0 saturated heterocycles. The smallest absolute Gasteiger partial charge is 0.147 e. The first-order chi connectivity index (χ1) is 10.5. The second kappa shape index (κ2) is 4.88. The lowest BCUT2D eigenvalue weighted by atomic mass is 9.89. The van der Waals surface area contributed by atoms with Crippen molar-refractivity contribution in [3.05, 3.63) is 27.9 Å². The quantitative estimate of drug-likeness (QED) is 0.869. The molecular weight excluding hydrogens is 292 g/mol. The molecule has 0 fully saturated rings. The molecule has 3 heterocycles. The Labute approximate surface area is 134 Å². The molecule has 4 rings (SSSR count). The van der Waals surface area contributed by atoms with Gasteiger partial charge in [-0.25, -0.2) is 9.97 Å². The van der Waals surface area contributed by atoms with Gasteiger partial charge in [0.15, 0.2) is 0 Å². The van der Waals surface area contributed by atoms with Crippen molar-refractivity contribution in [1.29, 1.82) is 5.41 Å². The minimum absolute atomic E-state index is 0.543. The molecule has 0 spiro atoms. The zero-order chi connectivity index (χ0) is 15.4. The summed E-state index contributed by atoms with van der Waals surface area (Å²) in [4.78, 5) is 14.0.